The van der Waals surface area contributed by atoms with E-state index in [1.54, 1.807) is 48.5 Å². The van der Waals surface area contributed by atoms with Crippen molar-refractivity contribution in [2.75, 3.05) is 6.61 Å². The minimum atomic E-state index is -1.05. The van der Waals surface area contributed by atoms with Gasteiger partial charge in [-0.05, 0) is 42.5 Å². The molecule has 0 spiro atoms. The minimum absolute atomic E-state index is 0.236. The Balaban J connectivity index is 1.64. The van der Waals surface area contributed by atoms with Crippen LogP contribution in [0.2, 0.25) is 0 Å². The molecule has 0 bridgehead atoms. The predicted molar refractivity (Wildman–Crippen MR) is 93.8 cm³/mol. The second kappa shape index (κ2) is 6.80. The van der Waals surface area contributed by atoms with Crippen molar-refractivity contribution in [1.82, 2.24) is 5.16 Å². The summed E-state index contributed by atoms with van der Waals surface area (Å²) in [6, 6.07) is 13.6. The van der Waals surface area contributed by atoms with Crippen molar-refractivity contribution in [3.63, 3.8) is 0 Å². The van der Waals surface area contributed by atoms with E-state index in [0.29, 0.717) is 22.6 Å². The van der Waals surface area contributed by atoms with Crippen LogP contribution in [0.1, 0.15) is 16.1 Å². The number of aromatic nitrogens is 1. The number of carboxylic acids is 1. The summed E-state index contributed by atoms with van der Waals surface area (Å²) < 4.78 is 15.5. The fourth-order valence-corrected chi connectivity index (χ4v) is 2.81. The molecular formula is C20H13NO6. The van der Waals surface area contributed by atoms with Gasteiger partial charge in [-0.2, -0.15) is 0 Å². The number of aliphatic carboxylic acids is 1. The number of carbonyl (C=O) groups is 2. The molecule has 2 aromatic rings. The van der Waals surface area contributed by atoms with E-state index in [1.807, 2.05) is 0 Å². The maximum absolute atomic E-state index is 12.6. The molecule has 4 rings (SSSR count). The van der Waals surface area contributed by atoms with Crippen LogP contribution in [0.25, 0.3) is 22.4 Å². The average Bonchev–Trinajstić information content (AvgIpc) is 3.36. The van der Waals surface area contributed by atoms with Crippen LogP contribution in [-0.4, -0.2) is 28.6 Å². The van der Waals surface area contributed by atoms with E-state index in [0.717, 1.165) is 11.1 Å². The molecule has 1 aliphatic heterocycles. The summed E-state index contributed by atoms with van der Waals surface area (Å²) in [4.78, 5) is 23.2. The first-order valence-electron chi connectivity index (χ1n) is 8.04. The molecule has 0 saturated heterocycles. The first-order valence-corrected chi connectivity index (χ1v) is 8.04. The molecule has 134 valence electrons. The number of benzene rings is 1. The Hall–Kier alpha value is -3.87. The SMILES string of the molecule is O=C(O)COc1ccc(-c2nocc3c(C(=O)c4ccco4)ccc2-3)cc1. The highest BCUT2D eigenvalue weighted by atomic mass is 16.5. The molecule has 0 radical (unpaired) electrons. The lowest BCUT2D eigenvalue weighted by Crippen LogP contribution is -2.09. The largest absolute Gasteiger partial charge is 0.482 e. The van der Waals surface area contributed by atoms with Crippen LogP contribution in [-0.2, 0) is 4.79 Å². The van der Waals surface area contributed by atoms with Gasteiger partial charge in [0.2, 0.25) is 5.78 Å². The molecule has 0 saturated carbocycles. The number of furan rings is 1. The first kappa shape index (κ1) is 16.6. The number of hydrogen-bond acceptors (Lipinski definition) is 6. The van der Waals surface area contributed by atoms with Crippen LogP contribution in [0.15, 0.2) is 70.0 Å². The molecule has 7 nitrogen and oxygen atoms in total. The maximum atomic E-state index is 12.6. The monoisotopic (exact) mass is 363 g/mol. The van der Waals surface area contributed by atoms with Crippen molar-refractivity contribution in [1.29, 1.82) is 0 Å². The van der Waals surface area contributed by atoms with Crippen LogP contribution in [0.3, 0.4) is 0 Å². The van der Waals surface area contributed by atoms with Gasteiger partial charge < -0.3 is 18.8 Å². The molecule has 1 aromatic heterocycles. The Kier molecular flexibility index (Phi) is 4.18. The smallest absolute Gasteiger partial charge is 0.341 e. The summed E-state index contributed by atoms with van der Waals surface area (Å²) in [7, 11) is 0. The van der Waals surface area contributed by atoms with Crippen molar-refractivity contribution in [2.24, 2.45) is 0 Å². The number of fused-ring (bicyclic) bond motifs is 1. The van der Waals surface area contributed by atoms with Gasteiger partial charge in [-0.1, -0.05) is 11.2 Å². The Bertz CT molecular complexity index is 1060. The van der Waals surface area contributed by atoms with Gasteiger partial charge in [-0.15, -0.1) is 0 Å². The number of rotatable bonds is 6. The third kappa shape index (κ3) is 3.18. The van der Waals surface area contributed by atoms with Crippen LogP contribution in [0.5, 0.6) is 5.75 Å². The standard InChI is InChI=1S/C20H13NO6/c22-18(23)11-26-13-5-3-12(4-6-13)19-14-7-8-15(16(14)10-27-21-19)20(24)17-2-1-9-25-17/h1-10H,11H2,(H,22,23). The van der Waals surface area contributed by atoms with E-state index in [2.05, 4.69) is 5.16 Å². The van der Waals surface area contributed by atoms with E-state index in [4.69, 9.17) is 18.8 Å². The Morgan fingerprint density at radius 1 is 1.04 bits per heavy atom. The normalized spacial score (nSPS) is 10.8. The van der Waals surface area contributed by atoms with Gasteiger partial charge in [0.15, 0.2) is 12.4 Å². The fourth-order valence-electron chi connectivity index (χ4n) is 2.81. The van der Waals surface area contributed by atoms with Gasteiger partial charge >= 0.3 is 5.97 Å². The zero-order valence-corrected chi connectivity index (χ0v) is 13.9. The van der Waals surface area contributed by atoms with Gasteiger partial charge in [0.1, 0.15) is 17.7 Å². The summed E-state index contributed by atoms with van der Waals surface area (Å²) in [5.74, 6) is -0.600. The Labute approximate surface area is 153 Å². The highest BCUT2D eigenvalue weighted by Crippen LogP contribution is 2.36. The Morgan fingerprint density at radius 2 is 1.85 bits per heavy atom. The van der Waals surface area contributed by atoms with Crippen molar-refractivity contribution < 1.29 is 28.4 Å². The fraction of sp³-hybridized carbons (Fsp3) is 0.0500. The van der Waals surface area contributed by atoms with E-state index in [1.165, 1.54) is 12.5 Å². The van der Waals surface area contributed by atoms with Crippen molar-refractivity contribution in [3.05, 3.63) is 72.4 Å². The molecule has 2 aliphatic rings. The number of hydrogen-bond donors (Lipinski definition) is 1. The van der Waals surface area contributed by atoms with E-state index < -0.39 is 12.6 Å². The van der Waals surface area contributed by atoms with Crippen LogP contribution in [0, 0.1) is 0 Å². The molecule has 2 heterocycles. The van der Waals surface area contributed by atoms with Crippen molar-refractivity contribution in [3.8, 4) is 28.1 Å². The average molecular weight is 363 g/mol. The highest BCUT2D eigenvalue weighted by Gasteiger charge is 2.23. The molecule has 7 heteroatoms. The van der Waals surface area contributed by atoms with Crippen molar-refractivity contribution >= 4 is 11.8 Å². The molecule has 0 amide bonds. The number of carbonyl (C=O) groups excluding carboxylic acids is 1. The zero-order valence-electron chi connectivity index (χ0n) is 13.9. The van der Waals surface area contributed by atoms with Gasteiger partial charge in [-0.3, -0.25) is 4.79 Å². The lowest BCUT2D eigenvalue weighted by molar-refractivity contribution is -0.139. The number of nitrogens with zero attached hydrogens (tertiary/aromatic N) is 1. The third-order valence-electron chi connectivity index (χ3n) is 4.05. The predicted octanol–water partition coefficient (Wildman–Crippen LogP) is 3.73. The molecular weight excluding hydrogens is 350 g/mol. The van der Waals surface area contributed by atoms with Gasteiger partial charge in [-0.25, -0.2) is 4.79 Å². The second-order valence-corrected chi connectivity index (χ2v) is 5.75. The molecule has 0 unspecified atom stereocenters. The third-order valence-corrected chi connectivity index (χ3v) is 4.05. The summed E-state index contributed by atoms with van der Waals surface area (Å²) in [5.41, 5.74) is 3.17. The highest BCUT2D eigenvalue weighted by molar-refractivity contribution is 6.12. The van der Waals surface area contributed by atoms with Crippen molar-refractivity contribution in [2.45, 2.75) is 0 Å². The van der Waals surface area contributed by atoms with E-state index >= 15 is 0 Å². The maximum Gasteiger partial charge on any atom is 0.341 e. The molecule has 1 N–H and O–H groups in total. The Morgan fingerprint density at radius 3 is 2.56 bits per heavy atom. The summed E-state index contributed by atoms with van der Waals surface area (Å²) >= 11 is 0. The van der Waals surface area contributed by atoms with E-state index in [9.17, 15) is 9.59 Å². The molecule has 0 atom stereocenters. The number of ketones is 1. The van der Waals surface area contributed by atoms with Gasteiger partial charge in [0.25, 0.3) is 0 Å². The quantitative estimate of drug-likeness (QED) is 0.521. The molecule has 1 aliphatic carbocycles. The van der Waals surface area contributed by atoms with E-state index in [-0.39, 0.29) is 11.5 Å². The summed E-state index contributed by atoms with van der Waals surface area (Å²) in [6.07, 6.45) is 2.88. The van der Waals surface area contributed by atoms with Gasteiger partial charge in [0, 0.05) is 22.3 Å². The zero-order chi connectivity index (χ0) is 18.8. The van der Waals surface area contributed by atoms with Crippen LogP contribution < -0.4 is 4.74 Å². The summed E-state index contributed by atoms with van der Waals surface area (Å²) in [6.45, 7) is -0.413. The minimum Gasteiger partial charge on any atom is -0.482 e. The van der Waals surface area contributed by atoms with Crippen LogP contribution >= 0.6 is 0 Å². The topological polar surface area (TPSA) is 103 Å². The number of ether oxygens (including phenoxy) is 1. The lowest BCUT2D eigenvalue weighted by Gasteiger charge is -2.08. The summed E-state index contributed by atoms with van der Waals surface area (Å²) in [5, 5.41) is 12.7. The molecule has 1 aromatic carbocycles. The molecule has 27 heavy (non-hydrogen) atoms. The van der Waals surface area contributed by atoms with Crippen LogP contribution in [0.4, 0.5) is 0 Å². The second-order valence-electron chi connectivity index (χ2n) is 5.75. The number of carboxylic acid groups (broad SMARTS) is 1. The first-order chi connectivity index (χ1) is 13.1. The lowest BCUT2D eigenvalue weighted by atomic mass is 10.0. The molecule has 0 fully saturated rings. The van der Waals surface area contributed by atoms with Gasteiger partial charge in [0.05, 0.1) is 6.26 Å².